The first-order valence-electron chi connectivity index (χ1n) is 5.05. The van der Waals surface area contributed by atoms with E-state index in [4.69, 9.17) is 5.11 Å². The van der Waals surface area contributed by atoms with Gasteiger partial charge in [-0.1, -0.05) is 0 Å². The lowest BCUT2D eigenvalue weighted by molar-refractivity contribution is 0.0696. The average Bonchev–Trinajstić information content (AvgIpc) is 2.76. The van der Waals surface area contributed by atoms with Gasteiger partial charge in [-0.3, -0.25) is 4.79 Å². The van der Waals surface area contributed by atoms with E-state index in [1.54, 1.807) is 11.6 Å². The molecule has 0 saturated carbocycles. The Morgan fingerprint density at radius 2 is 2.22 bits per heavy atom. The van der Waals surface area contributed by atoms with Gasteiger partial charge in [0.25, 0.3) is 5.91 Å². The minimum absolute atomic E-state index is 0.0605. The summed E-state index contributed by atoms with van der Waals surface area (Å²) in [5, 5.41) is 11.3. The van der Waals surface area contributed by atoms with Gasteiger partial charge in [0.1, 0.15) is 11.5 Å². The van der Waals surface area contributed by atoms with Crippen molar-refractivity contribution in [2.24, 2.45) is 7.05 Å². The monoisotopic (exact) mass is 246 g/mol. The summed E-state index contributed by atoms with van der Waals surface area (Å²) in [4.78, 5) is 30.3. The third-order valence-electron chi connectivity index (χ3n) is 2.30. The number of aromatic nitrogens is 3. The smallest absolute Gasteiger partial charge is 0.335 e. The number of nitrogens with one attached hydrogen (secondary N) is 1. The van der Waals surface area contributed by atoms with Crippen LogP contribution in [0.5, 0.6) is 0 Å². The van der Waals surface area contributed by atoms with Crippen LogP contribution in [0, 0.1) is 0 Å². The van der Waals surface area contributed by atoms with Crippen molar-refractivity contribution in [3.8, 4) is 0 Å². The van der Waals surface area contributed by atoms with Crippen LogP contribution in [0.2, 0.25) is 0 Å². The average molecular weight is 246 g/mol. The molecule has 2 N–H and O–H groups in total. The zero-order chi connectivity index (χ0) is 13.1. The largest absolute Gasteiger partial charge is 0.478 e. The van der Waals surface area contributed by atoms with E-state index in [1.165, 1.54) is 30.9 Å². The van der Waals surface area contributed by atoms with Gasteiger partial charge in [0.2, 0.25) is 0 Å². The number of anilines is 1. The summed E-state index contributed by atoms with van der Waals surface area (Å²) in [6, 6.07) is 2.64. The minimum Gasteiger partial charge on any atom is -0.478 e. The van der Waals surface area contributed by atoms with Gasteiger partial charge in [0.15, 0.2) is 0 Å². The van der Waals surface area contributed by atoms with E-state index < -0.39 is 11.9 Å². The highest BCUT2D eigenvalue weighted by molar-refractivity contribution is 6.02. The Kier molecular flexibility index (Phi) is 3.05. The van der Waals surface area contributed by atoms with Crippen LogP contribution in [0.4, 0.5) is 5.82 Å². The molecule has 0 spiro atoms. The van der Waals surface area contributed by atoms with E-state index in [2.05, 4.69) is 15.3 Å². The quantitative estimate of drug-likeness (QED) is 0.833. The second kappa shape index (κ2) is 4.66. The number of carbonyl (C=O) groups excluding carboxylic acids is 1. The zero-order valence-corrected chi connectivity index (χ0v) is 9.49. The molecule has 7 heteroatoms. The third kappa shape index (κ3) is 2.34. The van der Waals surface area contributed by atoms with Gasteiger partial charge in [0.05, 0.1) is 18.1 Å². The number of hydrogen-bond acceptors (Lipinski definition) is 4. The molecule has 0 atom stereocenters. The Labute approximate surface area is 102 Å². The van der Waals surface area contributed by atoms with Crippen LogP contribution in [-0.2, 0) is 7.05 Å². The van der Waals surface area contributed by atoms with Gasteiger partial charge in [-0.25, -0.2) is 14.8 Å². The topological polar surface area (TPSA) is 97.1 Å². The predicted molar refractivity (Wildman–Crippen MR) is 62.4 cm³/mol. The molecule has 1 amide bonds. The molecule has 18 heavy (non-hydrogen) atoms. The van der Waals surface area contributed by atoms with E-state index in [9.17, 15) is 9.59 Å². The predicted octanol–water partition coefficient (Wildman–Crippen LogP) is 0.766. The fraction of sp³-hybridized carbons (Fsp3) is 0.0909. The van der Waals surface area contributed by atoms with Crippen LogP contribution in [-0.4, -0.2) is 31.5 Å². The van der Waals surface area contributed by atoms with Crippen molar-refractivity contribution in [2.75, 3.05) is 5.32 Å². The number of rotatable bonds is 3. The number of carboxylic acid groups (broad SMARTS) is 1. The van der Waals surface area contributed by atoms with Crippen molar-refractivity contribution >= 4 is 17.7 Å². The molecule has 92 valence electrons. The van der Waals surface area contributed by atoms with Crippen LogP contribution in [0.1, 0.15) is 20.8 Å². The van der Waals surface area contributed by atoms with E-state index in [0.29, 0.717) is 5.69 Å². The maximum absolute atomic E-state index is 11.8. The molecular weight excluding hydrogens is 236 g/mol. The van der Waals surface area contributed by atoms with Crippen molar-refractivity contribution in [1.29, 1.82) is 0 Å². The first-order chi connectivity index (χ1) is 8.58. The van der Waals surface area contributed by atoms with Crippen molar-refractivity contribution in [1.82, 2.24) is 14.5 Å². The summed E-state index contributed by atoms with van der Waals surface area (Å²) in [6.45, 7) is 0. The molecule has 0 aliphatic rings. The number of nitrogens with zero attached hydrogens (tertiary/aromatic N) is 3. The normalized spacial score (nSPS) is 10.1. The Morgan fingerprint density at radius 1 is 1.44 bits per heavy atom. The maximum Gasteiger partial charge on any atom is 0.335 e. The molecule has 2 rings (SSSR count). The Hall–Kier alpha value is -2.70. The van der Waals surface area contributed by atoms with Crippen molar-refractivity contribution in [2.45, 2.75) is 0 Å². The van der Waals surface area contributed by atoms with Crippen LogP contribution >= 0.6 is 0 Å². The summed E-state index contributed by atoms with van der Waals surface area (Å²) < 4.78 is 1.55. The Bertz CT molecular complexity index is 606. The molecule has 0 unspecified atom stereocenters. The fourth-order valence-electron chi connectivity index (χ4n) is 1.39. The summed E-state index contributed by atoms with van der Waals surface area (Å²) in [5.41, 5.74) is 0.419. The second-order valence-electron chi connectivity index (χ2n) is 3.58. The van der Waals surface area contributed by atoms with Gasteiger partial charge in [-0.2, -0.15) is 0 Å². The summed E-state index contributed by atoms with van der Waals surface area (Å²) in [5.74, 6) is -1.29. The van der Waals surface area contributed by atoms with Gasteiger partial charge in [-0.05, 0) is 12.1 Å². The molecule has 7 nitrogen and oxygen atoms in total. The highest BCUT2D eigenvalue weighted by Gasteiger charge is 2.11. The number of carboxylic acids is 1. The highest BCUT2D eigenvalue weighted by atomic mass is 16.4. The molecule has 0 bridgehead atoms. The van der Waals surface area contributed by atoms with Crippen molar-refractivity contribution < 1.29 is 14.7 Å². The number of aromatic carboxylic acids is 1. The Morgan fingerprint density at radius 3 is 2.83 bits per heavy atom. The number of carbonyl (C=O) groups is 2. The van der Waals surface area contributed by atoms with E-state index >= 15 is 0 Å². The van der Waals surface area contributed by atoms with Crippen LogP contribution < -0.4 is 5.32 Å². The first-order valence-corrected chi connectivity index (χ1v) is 5.05. The highest BCUT2D eigenvalue weighted by Crippen LogP contribution is 2.08. The van der Waals surface area contributed by atoms with Gasteiger partial charge in [-0.15, -0.1) is 0 Å². The molecular formula is C11H10N4O3. The summed E-state index contributed by atoms with van der Waals surface area (Å²) in [7, 11) is 1.68. The van der Waals surface area contributed by atoms with Crippen LogP contribution in [0.25, 0.3) is 0 Å². The van der Waals surface area contributed by atoms with Gasteiger partial charge in [0, 0.05) is 13.2 Å². The molecule has 0 saturated heterocycles. The lowest BCUT2D eigenvalue weighted by Gasteiger charge is -2.05. The molecule has 2 heterocycles. The molecule has 0 radical (unpaired) electrons. The van der Waals surface area contributed by atoms with E-state index in [0.717, 1.165) is 0 Å². The van der Waals surface area contributed by atoms with Gasteiger partial charge < -0.3 is 15.0 Å². The molecule has 2 aromatic rings. The third-order valence-corrected chi connectivity index (χ3v) is 2.30. The van der Waals surface area contributed by atoms with E-state index in [-0.39, 0.29) is 11.4 Å². The lowest BCUT2D eigenvalue weighted by Crippen LogP contribution is -2.16. The fourth-order valence-corrected chi connectivity index (χ4v) is 1.39. The summed E-state index contributed by atoms with van der Waals surface area (Å²) in [6.07, 6.45) is 4.23. The van der Waals surface area contributed by atoms with Crippen LogP contribution in [0.15, 0.2) is 30.9 Å². The number of aryl methyl sites for hydroxylation is 1. The standard InChI is InChI=1S/C11H10N4O3/c1-15-6-12-5-8(15)10(16)14-9-4-7(11(17)18)2-3-13-9/h2-6H,1H3,(H,17,18)(H,13,14,16). The van der Waals surface area contributed by atoms with Gasteiger partial charge >= 0.3 is 5.97 Å². The number of amides is 1. The number of pyridine rings is 1. The van der Waals surface area contributed by atoms with Crippen molar-refractivity contribution in [3.63, 3.8) is 0 Å². The SMILES string of the molecule is Cn1cncc1C(=O)Nc1cc(C(=O)O)ccn1. The first kappa shape index (κ1) is 11.8. The molecule has 0 aliphatic heterocycles. The Balaban J connectivity index is 2.20. The van der Waals surface area contributed by atoms with E-state index in [1.807, 2.05) is 0 Å². The lowest BCUT2D eigenvalue weighted by atomic mass is 10.2. The van der Waals surface area contributed by atoms with Crippen molar-refractivity contribution in [3.05, 3.63) is 42.1 Å². The van der Waals surface area contributed by atoms with Crippen LogP contribution in [0.3, 0.4) is 0 Å². The maximum atomic E-state index is 11.8. The second-order valence-corrected chi connectivity index (χ2v) is 3.58. The minimum atomic E-state index is -1.08. The molecule has 2 aromatic heterocycles. The zero-order valence-electron chi connectivity index (χ0n) is 9.49. The number of imidazole rings is 1. The molecule has 0 aromatic carbocycles. The summed E-state index contributed by atoms with van der Waals surface area (Å²) >= 11 is 0. The molecule has 0 fully saturated rings. The number of hydrogen-bond donors (Lipinski definition) is 2. The molecule has 0 aliphatic carbocycles.